The van der Waals surface area contributed by atoms with Gasteiger partial charge in [-0.05, 0) is 52.3 Å². The lowest BCUT2D eigenvalue weighted by Crippen LogP contribution is -2.40. The molecule has 1 saturated heterocycles. The zero-order chi connectivity index (χ0) is 19.1. The van der Waals surface area contributed by atoms with E-state index in [2.05, 4.69) is 31.1 Å². The number of anilines is 1. The number of amides is 1. The molecule has 0 spiro atoms. The minimum Gasteiger partial charge on any atom is -0.444 e. The molecule has 1 N–H and O–H groups in total. The van der Waals surface area contributed by atoms with Crippen LogP contribution < -0.4 is 10.2 Å². The van der Waals surface area contributed by atoms with Gasteiger partial charge in [0.15, 0.2) is 0 Å². The molecule has 0 radical (unpaired) electrons. The van der Waals surface area contributed by atoms with Gasteiger partial charge < -0.3 is 15.0 Å². The lowest BCUT2D eigenvalue weighted by atomic mass is 10.1. The number of carbonyl (C=O) groups is 1. The monoisotopic (exact) mass is 439 g/mol. The fourth-order valence-electron chi connectivity index (χ4n) is 3.18. The first-order valence-corrected chi connectivity index (χ1v) is 9.81. The molecule has 1 atom stereocenters. The van der Waals surface area contributed by atoms with E-state index in [0.717, 1.165) is 39.7 Å². The van der Waals surface area contributed by atoms with Gasteiger partial charge in [-0.3, -0.25) is 4.98 Å². The minimum absolute atomic E-state index is 0.0246. The molecule has 1 amide bonds. The van der Waals surface area contributed by atoms with Gasteiger partial charge in [0.2, 0.25) is 0 Å². The van der Waals surface area contributed by atoms with E-state index in [-0.39, 0.29) is 12.1 Å². The lowest BCUT2D eigenvalue weighted by molar-refractivity contribution is 0.0509. The van der Waals surface area contributed by atoms with E-state index < -0.39 is 5.60 Å². The third-order valence-electron chi connectivity index (χ3n) is 4.25. The molecule has 7 heteroatoms. The quantitative estimate of drug-likeness (QED) is 0.709. The number of nitrogens with one attached hydrogen (secondary N) is 1. The summed E-state index contributed by atoms with van der Waals surface area (Å²) in [5.74, 6) is 0. The van der Waals surface area contributed by atoms with Crippen molar-refractivity contribution in [1.82, 2.24) is 10.3 Å². The number of aromatic nitrogens is 1. The Balaban J connectivity index is 1.84. The third kappa shape index (κ3) is 4.23. The molecule has 1 fully saturated rings. The molecule has 0 aliphatic carbocycles. The summed E-state index contributed by atoms with van der Waals surface area (Å²) in [6, 6.07) is 6.02. The predicted octanol–water partition coefficient (Wildman–Crippen LogP) is 5.06. The molecule has 0 bridgehead atoms. The first-order chi connectivity index (χ1) is 12.1. The van der Waals surface area contributed by atoms with E-state index in [0.29, 0.717) is 11.6 Å². The Kier molecular flexibility index (Phi) is 5.35. The molecule has 140 valence electrons. The van der Waals surface area contributed by atoms with Crippen LogP contribution in [-0.4, -0.2) is 35.8 Å². The summed E-state index contributed by atoms with van der Waals surface area (Å²) in [5.41, 5.74) is 2.19. The SMILES string of the molecule is Cc1nc2ccc(Br)cc2c(N2CC[C@H](NC(=O)OC(C)(C)C)C2)c1Cl. The van der Waals surface area contributed by atoms with Crippen molar-refractivity contribution >= 4 is 50.2 Å². The van der Waals surface area contributed by atoms with Crippen LogP contribution >= 0.6 is 27.5 Å². The van der Waals surface area contributed by atoms with Crippen LogP contribution in [-0.2, 0) is 4.74 Å². The minimum atomic E-state index is -0.504. The molecule has 1 aliphatic rings. The van der Waals surface area contributed by atoms with Gasteiger partial charge in [-0.15, -0.1) is 0 Å². The highest BCUT2D eigenvalue weighted by Crippen LogP contribution is 2.38. The normalized spacial score (nSPS) is 17.6. The van der Waals surface area contributed by atoms with E-state index in [1.54, 1.807) is 0 Å². The van der Waals surface area contributed by atoms with Crippen LogP contribution in [0.5, 0.6) is 0 Å². The fraction of sp³-hybridized carbons (Fsp3) is 0.474. The van der Waals surface area contributed by atoms with Crippen LogP contribution in [0.15, 0.2) is 22.7 Å². The van der Waals surface area contributed by atoms with Crippen molar-refractivity contribution in [2.24, 2.45) is 0 Å². The van der Waals surface area contributed by atoms with Crippen LogP contribution in [0.25, 0.3) is 10.9 Å². The second kappa shape index (κ2) is 7.24. The summed E-state index contributed by atoms with van der Waals surface area (Å²) in [7, 11) is 0. The van der Waals surface area contributed by atoms with Gasteiger partial charge in [-0.25, -0.2) is 4.79 Å². The standard InChI is InChI=1S/C19H23BrClN3O2/c1-11-16(21)17(14-9-12(20)5-6-15(14)22-11)24-8-7-13(10-24)23-18(25)26-19(2,3)4/h5-6,9,13H,7-8,10H2,1-4H3,(H,23,25)/t13-/m0/s1. The van der Waals surface area contributed by atoms with Gasteiger partial charge in [-0.2, -0.15) is 0 Å². The number of hydrogen-bond acceptors (Lipinski definition) is 4. The number of ether oxygens (including phenoxy) is 1. The molecule has 2 aromatic rings. The number of fused-ring (bicyclic) bond motifs is 1. The predicted molar refractivity (Wildman–Crippen MR) is 109 cm³/mol. The average Bonchev–Trinajstić information content (AvgIpc) is 2.95. The van der Waals surface area contributed by atoms with Gasteiger partial charge in [-0.1, -0.05) is 27.5 Å². The van der Waals surface area contributed by atoms with Crippen molar-refractivity contribution in [3.63, 3.8) is 0 Å². The lowest BCUT2D eigenvalue weighted by Gasteiger charge is -2.24. The first-order valence-electron chi connectivity index (χ1n) is 8.64. The largest absolute Gasteiger partial charge is 0.444 e. The van der Waals surface area contributed by atoms with Crippen molar-refractivity contribution in [3.8, 4) is 0 Å². The van der Waals surface area contributed by atoms with Gasteiger partial charge in [0.25, 0.3) is 0 Å². The van der Waals surface area contributed by atoms with Crippen LogP contribution in [0.4, 0.5) is 10.5 Å². The number of aryl methyl sites for hydroxylation is 1. The summed E-state index contributed by atoms with van der Waals surface area (Å²) in [5, 5.41) is 4.63. The Morgan fingerprint density at radius 3 is 2.85 bits per heavy atom. The van der Waals surface area contributed by atoms with Gasteiger partial charge >= 0.3 is 6.09 Å². The second-order valence-electron chi connectivity index (χ2n) is 7.60. The van der Waals surface area contributed by atoms with Crippen LogP contribution in [0.1, 0.15) is 32.9 Å². The zero-order valence-corrected chi connectivity index (χ0v) is 17.7. The maximum atomic E-state index is 12.0. The number of carbonyl (C=O) groups excluding carboxylic acids is 1. The van der Waals surface area contributed by atoms with Crippen LogP contribution in [0.3, 0.4) is 0 Å². The maximum absolute atomic E-state index is 12.0. The summed E-state index contributed by atoms with van der Waals surface area (Å²) in [4.78, 5) is 18.8. The molecule has 3 rings (SSSR count). The number of hydrogen-bond donors (Lipinski definition) is 1. The molecule has 0 unspecified atom stereocenters. The average molecular weight is 441 g/mol. The molecule has 1 aromatic carbocycles. The van der Waals surface area contributed by atoms with Crippen molar-refractivity contribution in [3.05, 3.63) is 33.4 Å². The molecule has 1 aromatic heterocycles. The Bertz CT molecular complexity index is 851. The molecular formula is C19H23BrClN3O2. The van der Waals surface area contributed by atoms with Crippen molar-refractivity contribution < 1.29 is 9.53 Å². The summed E-state index contributed by atoms with van der Waals surface area (Å²) in [6.07, 6.45) is 0.459. The summed E-state index contributed by atoms with van der Waals surface area (Å²) in [6.45, 7) is 8.99. The highest BCUT2D eigenvalue weighted by Gasteiger charge is 2.29. The van der Waals surface area contributed by atoms with Crippen molar-refractivity contribution in [2.75, 3.05) is 18.0 Å². The zero-order valence-electron chi connectivity index (χ0n) is 15.4. The van der Waals surface area contributed by atoms with Crippen LogP contribution in [0.2, 0.25) is 5.02 Å². The topological polar surface area (TPSA) is 54.5 Å². The number of halogens is 2. The number of rotatable bonds is 2. The van der Waals surface area contributed by atoms with E-state index in [1.165, 1.54) is 0 Å². The van der Waals surface area contributed by atoms with E-state index >= 15 is 0 Å². The highest BCUT2D eigenvalue weighted by molar-refractivity contribution is 9.10. The Hall–Kier alpha value is -1.53. The smallest absolute Gasteiger partial charge is 0.407 e. The summed E-state index contributed by atoms with van der Waals surface area (Å²) < 4.78 is 6.34. The van der Waals surface area contributed by atoms with Crippen LogP contribution in [0, 0.1) is 6.92 Å². The third-order valence-corrected chi connectivity index (χ3v) is 5.20. The molecule has 0 saturated carbocycles. The van der Waals surface area contributed by atoms with Gasteiger partial charge in [0.1, 0.15) is 5.60 Å². The number of benzene rings is 1. The Morgan fingerprint density at radius 1 is 1.42 bits per heavy atom. The Labute approximate surface area is 167 Å². The molecule has 1 aliphatic heterocycles. The molecule has 5 nitrogen and oxygen atoms in total. The van der Waals surface area contributed by atoms with E-state index in [9.17, 15) is 4.79 Å². The Morgan fingerprint density at radius 2 is 2.15 bits per heavy atom. The number of alkyl carbamates (subject to hydrolysis) is 1. The number of nitrogens with zero attached hydrogens (tertiary/aromatic N) is 2. The molecular weight excluding hydrogens is 418 g/mol. The van der Waals surface area contributed by atoms with E-state index in [1.807, 2.05) is 45.9 Å². The van der Waals surface area contributed by atoms with Gasteiger partial charge in [0, 0.05) is 22.9 Å². The first kappa shape index (κ1) is 19.2. The highest BCUT2D eigenvalue weighted by atomic mass is 79.9. The van der Waals surface area contributed by atoms with E-state index in [4.69, 9.17) is 16.3 Å². The summed E-state index contributed by atoms with van der Waals surface area (Å²) >= 11 is 10.1. The number of pyridine rings is 1. The second-order valence-corrected chi connectivity index (χ2v) is 8.89. The molecule has 26 heavy (non-hydrogen) atoms. The van der Waals surface area contributed by atoms with Crippen molar-refractivity contribution in [2.45, 2.75) is 45.8 Å². The fourth-order valence-corrected chi connectivity index (χ4v) is 3.80. The van der Waals surface area contributed by atoms with Crippen molar-refractivity contribution in [1.29, 1.82) is 0 Å². The molecule has 2 heterocycles. The maximum Gasteiger partial charge on any atom is 0.407 e. The van der Waals surface area contributed by atoms with Gasteiger partial charge in [0.05, 0.1) is 28.0 Å².